The fourth-order valence-corrected chi connectivity index (χ4v) is 1.80. The molecule has 0 unspecified atom stereocenters. The van der Waals surface area contributed by atoms with Gasteiger partial charge in [0.05, 0.1) is 11.3 Å². The number of anilines is 1. The molecule has 2 aromatic rings. The summed E-state index contributed by atoms with van der Waals surface area (Å²) in [7, 11) is 0. The first kappa shape index (κ1) is 14.6. The number of hydrogen-bond donors (Lipinski definition) is 2. The van der Waals surface area contributed by atoms with E-state index in [9.17, 15) is 9.59 Å². The molecule has 0 aliphatic rings. The average Bonchev–Trinajstić information content (AvgIpc) is 2.46. The molecule has 0 aliphatic carbocycles. The van der Waals surface area contributed by atoms with Gasteiger partial charge in [0.1, 0.15) is 12.4 Å². The van der Waals surface area contributed by atoms with Gasteiger partial charge in [0.2, 0.25) is 5.91 Å². The second-order valence-corrected chi connectivity index (χ2v) is 4.47. The van der Waals surface area contributed by atoms with Gasteiger partial charge in [-0.3, -0.25) is 4.79 Å². The molecule has 2 aromatic carbocycles. The molecule has 5 heteroatoms. The van der Waals surface area contributed by atoms with Gasteiger partial charge in [0, 0.05) is 6.92 Å². The minimum absolute atomic E-state index is 0.104. The van der Waals surface area contributed by atoms with E-state index < -0.39 is 5.97 Å². The van der Waals surface area contributed by atoms with Crippen molar-refractivity contribution in [3.8, 4) is 5.75 Å². The van der Waals surface area contributed by atoms with Crippen molar-refractivity contribution in [2.24, 2.45) is 0 Å². The van der Waals surface area contributed by atoms with Crippen molar-refractivity contribution in [2.75, 3.05) is 5.32 Å². The summed E-state index contributed by atoms with van der Waals surface area (Å²) in [5.74, 6) is -0.967. The van der Waals surface area contributed by atoms with Crippen LogP contribution in [0.3, 0.4) is 0 Å². The van der Waals surface area contributed by atoms with Gasteiger partial charge in [-0.05, 0) is 23.8 Å². The van der Waals surface area contributed by atoms with Gasteiger partial charge in [-0.2, -0.15) is 0 Å². The molecule has 2 rings (SSSR count). The van der Waals surface area contributed by atoms with Crippen molar-refractivity contribution in [1.82, 2.24) is 0 Å². The molecule has 2 N–H and O–H groups in total. The lowest BCUT2D eigenvalue weighted by molar-refractivity contribution is -0.114. The quantitative estimate of drug-likeness (QED) is 0.885. The molecule has 0 aromatic heterocycles. The van der Waals surface area contributed by atoms with Crippen molar-refractivity contribution in [3.05, 3.63) is 59.7 Å². The Balaban J connectivity index is 2.23. The Hall–Kier alpha value is -2.82. The van der Waals surface area contributed by atoms with E-state index in [4.69, 9.17) is 9.84 Å². The number of carbonyl (C=O) groups excluding carboxylic acids is 1. The Morgan fingerprint density at radius 1 is 1.14 bits per heavy atom. The molecule has 5 nitrogen and oxygen atoms in total. The van der Waals surface area contributed by atoms with Gasteiger partial charge < -0.3 is 15.2 Å². The van der Waals surface area contributed by atoms with E-state index in [-0.39, 0.29) is 18.1 Å². The molecule has 0 fully saturated rings. The van der Waals surface area contributed by atoms with Gasteiger partial charge in [-0.15, -0.1) is 0 Å². The Kier molecular flexibility index (Phi) is 4.56. The fourth-order valence-electron chi connectivity index (χ4n) is 1.80. The topological polar surface area (TPSA) is 75.6 Å². The molecular formula is C16H15NO4. The van der Waals surface area contributed by atoms with Crippen molar-refractivity contribution in [1.29, 1.82) is 0 Å². The van der Waals surface area contributed by atoms with E-state index in [2.05, 4.69) is 5.32 Å². The summed E-state index contributed by atoms with van der Waals surface area (Å²) in [6, 6.07) is 13.8. The Bertz CT molecular complexity index is 653. The molecule has 21 heavy (non-hydrogen) atoms. The molecule has 0 saturated carbocycles. The summed E-state index contributed by atoms with van der Waals surface area (Å²) >= 11 is 0. The molecule has 0 atom stereocenters. The second-order valence-electron chi connectivity index (χ2n) is 4.47. The Morgan fingerprint density at radius 3 is 2.48 bits per heavy atom. The van der Waals surface area contributed by atoms with Gasteiger partial charge in [0.25, 0.3) is 0 Å². The zero-order valence-corrected chi connectivity index (χ0v) is 11.5. The van der Waals surface area contributed by atoms with E-state index in [1.54, 1.807) is 0 Å². The predicted molar refractivity (Wildman–Crippen MR) is 78.5 cm³/mol. The van der Waals surface area contributed by atoms with Crippen molar-refractivity contribution < 1.29 is 19.4 Å². The first-order valence-electron chi connectivity index (χ1n) is 6.38. The third-order valence-electron chi connectivity index (χ3n) is 2.78. The number of carboxylic acids is 1. The highest BCUT2D eigenvalue weighted by Gasteiger charge is 2.11. The van der Waals surface area contributed by atoms with Crippen LogP contribution in [0.2, 0.25) is 0 Å². The summed E-state index contributed by atoms with van der Waals surface area (Å²) in [5.41, 5.74) is 1.50. The van der Waals surface area contributed by atoms with Crippen LogP contribution in [0.1, 0.15) is 22.8 Å². The third kappa shape index (κ3) is 4.07. The summed E-state index contributed by atoms with van der Waals surface area (Å²) in [6.45, 7) is 1.67. The van der Waals surface area contributed by atoms with Crippen molar-refractivity contribution in [3.63, 3.8) is 0 Å². The van der Waals surface area contributed by atoms with Crippen LogP contribution >= 0.6 is 0 Å². The van der Waals surface area contributed by atoms with Gasteiger partial charge in [-0.1, -0.05) is 30.3 Å². The maximum absolute atomic E-state index is 11.2. The van der Waals surface area contributed by atoms with Gasteiger partial charge in [0.15, 0.2) is 0 Å². The first-order valence-corrected chi connectivity index (χ1v) is 6.38. The maximum atomic E-state index is 11.2. The zero-order chi connectivity index (χ0) is 15.2. The number of nitrogens with one attached hydrogen (secondary N) is 1. The van der Waals surface area contributed by atoms with Crippen molar-refractivity contribution in [2.45, 2.75) is 13.5 Å². The maximum Gasteiger partial charge on any atom is 0.335 e. The van der Waals surface area contributed by atoms with Crippen LogP contribution in [0, 0.1) is 0 Å². The molecule has 0 aliphatic heterocycles. The smallest absolute Gasteiger partial charge is 0.335 e. The highest BCUT2D eigenvalue weighted by atomic mass is 16.5. The van der Waals surface area contributed by atoms with E-state index in [1.165, 1.54) is 25.1 Å². The lowest BCUT2D eigenvalue weighted by Gasteiger charge is -2.12. The number of aromatic carboxylic acids is 1. The molecule has 1 amide bonds. The van der Waals surface area contributed by atoms with E-state index >= 15 is 0 Å². The second kappa shape index (κ2) is 6.56. The largest absolute Gasteiger partial charge is 0.487 e. The summed E-state index contributed by atoms with van der Waals surface area (Å²) < 4.78 is 5.64. The fraction of sp³-hybridized carbons (Fsp3) is 0.125. The number of carbonyl (C=O) groups is 2. The molecule has 0 bridgehead atoms. The van der Waals surface area contributed by atoms with Gasteiger partial charge >= 0.3 is 5.97 Å². The average molecular weight is 285 g/mol. The Labute approximate surface area is 122 Å². The Morgan fingerprint density at radius 2 is 1.86 bits per heavy atom. The van der Waals surface area contributed by atoms with Crippen LogP contribution in [-0.4, -0.2) is 17.0 Å². The van der Waals surface area contributed by atoms with Crippen LogP contribution < -0.4 is 10.1 Å². The van der Waals surface area contributed by atoms with Crippen LogP contribution in [-0.2, 0) is 11.4 Å². The van der Waals surface area contributed by atoms with Gasteiger partial charge in [-0.25, -0.2) is 4.79 Å². The zero-order valence-electron chi connectivity index (χ0n) is 11.5. The van der Waals surface area contributed by atoms with Crippen molar-refractivity contribution >= 4 is 17.6 Å². The normalized spacial score (nSPS) is 9.95. The van der Waals surface area contributed by atoms with Crippen LogP contribution in [0.25, 0.3) is 0 Å². The molecular weight excluding hydrogens is 270 g/mol. The van der Waals surface area contributed by atoms with Crippen LogP contribution in [0.5, 0.6) is 5.75 Å². The number of rotatable bonds is 5. The summed E-state index contributed by atoms with van der Waals surface area (Å²) in [5, 5.41) is 11.6. The predicted octanol–water partition coefficient (Wildman–Crippen LogP) is 2.92. The van der Waals surface area contributed by atoms with Crippen LogP contribution in [0.4, 0.5) is 5.69 Å². The third-order valence-corrected chi connectivity index (χ3v) is 2.78. The molecule has 0 spiro atoms. The molecule has 108 valence electrons. The standard InChI is InChI=1S/C16H15NO4/c1-11(18)17-14-8-7-13(16(19)20)9-15(14)21-10-12-5-3-2-4-6-12/h2-9H,10H2,1H3,(H,17,18)(H,19,20). The minimum Gasteiger partial charge on any atom is -0.487 e. The SMILES string of the molecule is CC(=O)Nc1ccc(C(=O)O)cc1OCc1ccccc1. The van der Waals surface area contributed by atoms with E-state index in [0.717, 1.165) is 5.56 Å². The monoisotopic (exact) mass is 285 g/mol. The van der Waals surface area contributed by atoms with Crippen LogP contribution in [0.15, 0.2) is 48.5 Å². The molecule has 0 saturated heterocycles. The number of benzene rings is 2. The summed E-state index contributed by atoms with van der Waals surface area (Å²) in [6.07, 6.45) is 0. The highest BCUT2D eigenvalue weighted by molar-refractivity contribution is 5.93. The lowest BCUT2D eigenvalue weighted by atomic mass is 10.2. The summed E-state index contributed by atoms with van der Waals surface area (Å²) in [4.78, 5) is 22.2. The number of carboxylic acid groups (broad SMARTS) is 1. The van der Waals surface area contributed by atoms with E-state index in [0.29, 0.717) is 11.4 Å². The molecule has 0 radical (unpaired) electrons. The number of amides is 1. The number of ether oxygens (including phenoxy) is 1. The lowest BCUT2D eigenvalue weighted by Crippen LogP contribution is -2.09. The highest BCUT2D eigenvalue weighted by Crippen LogP contribution is 2.27. The van der Waals surface area contributed by atoms with E-state index in [1.807, 2.05) is 30.3 Å². The first-order chi connectivity index (χ1) is 10.1. The minimum atomic E-state index is -1.05. The number of hydrogen-bond acceptors (Lipinski definition) is 3. The molecule has 0 heterocycles.